The van der Waals surface area contributed by atoms with Crippen LogP contribution in [0.4, 0.5) is 5.69 Å². The number of amides is 1. The van der Waals surface area contributed by atoms with Crippen LogP contribution in [-0.4, -0.2) is 33.7 Å². The number of para-hydroxylation sites is 1. The zero-order chi connectivity index (χ0) is 14.5. The molecular formula is C13H20N2O3S. The molecule has 106 valence electrons. The Balaban J connectivity index is 2.81. The van der Waals surface area contributed by atoms with Crippen molar-refractivity contribution >= 4 is 21.6 Å². The number of carbonyl (C=O) groups is 1. The average molecular weight is 284 g/mol. The fraction of sp³-hybridized carbons (Fsp3) is 0.462. The van der Waals surface area contributed by atoms with Crippen LogP contribution in [0.3, 0.4) is 0 Å². The molecule has 19 heavy (non-hydrogen) atoms. The van der Waals surface area contributed by atoms with Gasteiger partial charge in [0, 0.05) is 6.54 Å². The van der Waals surface area contributed by atoms with Crippen LogP contribution in [0.15, 0.2) is 30.3 Å². The maximum atomic E-state index is 11.8. The van der Waals surface area contributed by atoms with Gasteiger partial charge in [-0.25, -0.2) is 8.42 Å². The van der Waals surface area contributed by atoms with E-state index in [-0.39, 0.29) is 12.5 Å². The van der Waals surface area contributed by atoms with Crippen molar-refractivity contribution in [2.45, 2.75) is 13.8 Å². The minimum atomic E-state index is -3.48. The lowest BCUT2D eigenvalue weighted by atomic mass is 10.2. The Morgan fingerprint density at radius 3 is 2.32 bits per heavy atom. The number of hydrogen-bond acceptors (Lipinski definition) is 3. The van der Waals surface area contributed by atoms with E-state index in [0.717, 1.165) is 10.6 Å². The number of hydrogen-bond donors (Lipinski definition) is 1. The topological polar surface area (TPSA) is 66.5 Å². The number of sulfonamides is 1. The van der Waals surface area contributed by atoms with E-state index >= 15 is 0 Å². The molecule has 1 N–H and O–H groups in total. The van der Waals surface area contributed by atoms with Crippen LogP contribution in [0.5, 0.6) is 0 Å². The van der Waals surface area contributed by atoms with Crippen LogP contribution < -0.4 is 9.62 Å². The zero-order valence-electron chi connectivity index (χ0n) is 11.5. The highest BCUT2D eigenvalue weighted by molar-refractivity contribution is 7.92. The van der Waals surface area contributed by atoms with Gasteiger partial charge in [-0.3, -0.25) is 9.10 Å². The first-order valence-corrected chi connectivity index (χ1v) is 7.95. The molecule has 0 bridgehead atoms. The summed E-state index contributed by atoms with van der Waals surface area (Å²) in [7, 11) is -3.48. The van der Waals surface area contributed by atoms with Gasteiger partial charge in [-0.1, -0.05) is 32.0 Å². The van der Waals surface area contributed by atoms with Gasteiger partial charge in [0.25, 0.3) is 0 Å². The summed E-state index contributed by atoms with van der Waals surface area (Å²) in [5.74, 6) is 0.0235. The summed E-state index contributed by atoms with van der Waals surface area (Å²) in [6.45, 7) is 4.29. The molecule has 0 aromatic heterocycles. The van der Waals surface area contributed by atoms with Crippen molar-refractivity contribution in [3.8, 4) is 0 Å². The van der Waals surface area contributed by atoms with E-state index in [0.29, 0.717) is 18.2 Å². The van der Waals surface area contributed by atoms with E-state index < -0.39 is 10.0 Å². The molecule has 6 heteroatoms. The van der Waals surface area contributed by atoms with Crippen molar-refractivity contribution in [1.29, 1.82) is 0 Å². The van der Waals surface area contributed by atoms with Crippen LogP contribution in [0.2, 0.25) is 0 Å². The van der Waals surface area contributed by atoms with Gasteiger partial charge in [-0.15, -0.1) is 0 Å². The Morgan fingerprint density at radius 1 is 1.26 bits per heavy atom. The number of nitrogens with one attached hydrogen (secondary N) is 1. The van der Waals surface area contributed by atoms with Gasteiger partial charge in [-0.2, -0.15) is 0 Å². The SMILES string of the molecule is CC(C)CNC(=O)CN(c1ccccc1)S(C)(=O)=O. The Hall–Kier alpha value is -1.56. The van der Waals surface area contributed by atoms with Crippen LogP contribution in [0, 0.1) is 5.92 Å². The number of rotatable bonds is 6. The van der Waals surface area contributed by atoms with Crippen LogP contribution in [0.25, 0.3) is 0 Å². The summed E-state index contributed by atoms with van der Waals surface area (Å²) in [5.41, 5.74) is 0.490. The molecule has 1 aromatic rings. The van der Waals surface area contributed by atoms with E-state index in [1.807, 2.05) is 13.8 Å². The Bertz CT molecular complexity index is 512. The standard InChI is InChI=1S/C13H20N2O3S/c1-11(2)9-14-13(16)10-15(19(3,17)18)12-7-5-4-6-8-12/h4-8,11H,9-10H2,1-3H3,(H,14,16). The molecular weight excluding hydrogens is 264 g/mol. The van der Waals surface area contributed by atoms with Gasteiger partial charge in [0.15, 0.2) is 0 Å². The van der Waals surface area contributed by atoms with Crippen LogP contribution in [-0.2, 0) is 14.8 Å². The fourth-order valence-electron chi connectivity index (χ4n) is 1.50. The largest absolute Gasteiger partial charge is 0.354 e. The van der Waals surface area contributed by atoms with Crippen molar-refractivity contribution in [2.75, 3.05) is 23.7 Å². The lowest BCUT2D eigenvalue weighted by molar-refractivity contribution is -0.119. The number of benzene rings is 1. The molecule has 0 saturated heterocycles. The third kappa shape index (κ3) is 5.30. The summed E-state index contributed by atoms with van der Waals surface area (Å²) in [6.07, 6.45) is 1.09. The number of nitrogens with zero attached hydrogens (tertiary/aromatic N) is 1. The van der Waals surface area contributed by atoms with E-state index in [1.54, 1.807) is 30.3 Å². The lowest BCUT2D eigenvalue weighted by Crippen LogP contribution is -2.41. The molecule has 0 saturated carbocycles. The quantitative estimate of drug-likeness (QED) is 0.854. The van der Waals surface area contributed by atoms with E-state index in [2.05, 4.69) is 5.32 Å². The van der Waals surface area contributed by atoms with Crippen LogP contribution in [0.1, 0.15) is 13.8 Å². The van der Waals surface area contributed by atoms with Crippen molar-refractivity contribution in [3.05, 3.63) is 30.3 Å². The number of carbonyl (C=O) groups excluding carboxylic acids is 1. The third-order valence-corrected chi connectivity index (χ3v) is 3.58. The van der Waals surface area contributed by atoms with Gasteiger partial charge in [-0.05, 0) is 18.1 Å². The molecule has 0 unspecified atom stereocenters. The molecule has 0 atom stereocenters. The smallest absolute Gasteiger partial charge is 0.240 e. The van der Waals surface area contributed by atoms with Gasteiger partial charge < -0.3 is 5.32 Å². The van der Waals surface area contributed by atoms with Crippen molar-refractivity contribution in [3.63, 3.8) is 0 Å². The summed E-state index contributed by atoms with van der Waals surface area (Å²) in [4.78, 5) is 11.8. The summed E-state index contributed by atoms with van der Waals surface area (Å²) >= 11 is 0. The van der Waals surface area contributed by atoms with Gasteiger partial charge in [0.05, 0.1) is 11.9 Å². The first-order valence-electron chi connectivity index (χ1n) is 6.10. The molecule has 1 amide bonds. The Morgan fingerprint density at radius 2 is 1.84 bits per heavy atom. The normalized spacial score (nSPS) is 11.4. The fourth-order valence-corrected chi connectivity index (χ4v) is 2.36. The van der Waals surface area contributed by atoms with E-state index in [1.165, 1.54) is 0 Å². The highest BCUT2D eigenvalue weighted by Crippen LogP contribution is 2.15. The Labute approximate surface area is 114 Å². The molecule has 0 heterocycles. The minimum Gasteiger partial charge on any atom is -0.354 e. The molecule has 0 aliphatic carbocycles. The van der Waals surface area contributed by atoms with Gasteiger partial charge in [0.1, 0.15) is 6.54 Å². The maximum Gasteiger partial charge on any atom is 0.240 e. The summed E-state index contributed by atoms with van der Waals surface area (Å²) < 4.78 is 24.6. The molecule has 0 spiro atoms. The lowest BCUT2D eigenvalue weighted by Gasteiger charge is -2.22. The average Bonchev–Trinajstić information content (AvgIpc) is 2.33. The first-order chi connectivity index (χ1) is 8.80. The molecule has 0 aliphatic heterocycles. The predicted molar refractivity (Wildman–Crippen MR) is 76.5 cm³/mol. The van der Waals surface area contributed by atoms with Gasteiger partial charge >= 0.3 is 0 Å². The summed E-state index contributed by atoms with van der Waals surface area (Å²) in [5, 5.41) is 2.71. The molecule has 5 nitrogen and oxygen atoms in total. The van der Waals surface area contributed by atoms with E-state index in [9.17, 15) is 13.2 Å². The minimum absolute atomic E-state index is 0.199. The first kappa shape index (κ1) is 15.5. The second-order valence-electron chi connectivity index (χ2n) is 4.80. The highest BCUT2D eigenvalue weighted by atomic mass is 32.2. The second-order valence-corrected chi connectivity index (χ2v) is 6.71. The molecule has 0 radical (unpaired) electrons. The maximum absolute atomic E-state index is 11.8. The molecule has 0 aliphatic rings. The van der Waals surface area contributed by atoms with Gasteiger partial charge in [0.2, 0.25) is 15.9 Å². The molecule has 1 aromatic carbocycles. The second kappa shape index (κ2) is 6.56. The number of anilines is 1. The van der Waals surface area contributed by atoms with Crippen molar-refractivity contribution in [1.82, 2.24) is 5.32 Å². The van der Waals surface area contributed by atoms with E-state index in [4.69, 9.17) is 0 Å². The summed E-state index contributed by atoms with van der Waals surface area (Å²) in [6, 6.07) is 8.59. The predicted octanol–water partition coefficient (Wildman–Crippen LogP) is 1.22. The third-order valence-electron chi connectivity index (χ3n) is 2.44. The Kier molecular flexibility index (Phi) is 5.35. The monoisotopic (exact) mass is 284 g/mol. The molecule has 1 rings (SSSR count). The zero-order valence-corrected chi connectivity index (χ0v) is 12.3. The molecule has 0 fully saturated rings. The van der Waals surface area contributed by atoms with Crippen LogP contribution >= 0.6 is 0 Å². The van der Waals surface area contributed by atoms with Crippen molar-refractivity contribution < 1.29 is 13.2 Å². The highest BCUT2D eigenvalue weighted by Gasteiger charge is 2.20. The van der Waals surface area contributed by atoms with Crippen molar-refractivity contribution in [2.24, 2.45) is 5.92 Å².